The fraction of sp³-hybridized carbons (Fsp3) is 0.222. The van der Waals surface area contributed by atoms with Gasteiger partial charge in [-0.2, -0.15) is 0 Å². The van der Waals surface area contributed by atoms with E-state index in [0.29, 0.717) is 16.9 Å². The Hall–Kier alpha value is -1.55. The molecule has 1 aromatic rings. The van der Waals surface area contributed by atoms with Gasteiger partial charge in [0.2, 0.25) is 0 Å². The van der Waals surface area contributed by atoms with E-state index >= 15 is 0 Å². The van der Waals surface area contributed by atoms with E-state index in [4.69, 9.17) is 9.84 Å². The summed E-state index contributed by atoms with van der Waals surface area (Å²) in [5.41, 5.74) is 1.03. The number of hydrogen-bond acceptors (Lipinski definition) is 3. The molecule has 0 aliphatic rings. The van der Waals surface area contributed by atoms with Gasteiger partial charge in [0.1, 0.15) is 5.75 Å². The third kappa shape index (κ3) is 2.45. The summed E-state index contributed by atoms with van der Waals surface area (Å²) in [6, 6.07) is 4.87. The second kappa shape index (κ2) is 4.47. The Morgan fingerprint density at radius 2 is 2.08 bits per heavy atom. The van der Waals surface area contributed by atoms with Crippen molar-refractivity contribution in [3.05, 3.63) is 29.3 Å². The van der Waals surface area contributed by atoms with E-state index in [2.05, 4.69) is 0 Å². The SMILES string of the molecule is COc1ccc(C(=O)O)c(C)c1.N. The van der Waals surface area contributed by atoms with Gasteiger partial charge in [-0.15, -0.1) is 0 Å². The summed E-state index contributed by atoms with van der Waals surface area (Å²) in [5.74, 6) is -0.229. The van der Waals surface area contributed by atoms with Crippen LogP contribution >= 0.6 is 0 Å². The Bertz CT molecular complexity index is 310. The maximum atomic E-state index is 10.6. The zero-order chi connectivity index (χ0) is 9.14. The van der Waals surface area contributed by atoms with Crippen molar-refractivity contribution in [2.45, 2.75) is 6.92 Å². The molecule has 4 N–H and O–H groups in total. The zero-order valence-corrected chi connectivity index (χ0v) is 7.70. The summed E-state index contributed by atoms with van der Waals surface area (Å²) in [6.45, 7) is 1.74. The highest BCUT2D eigenvalue weighted by molar-refractivity contribution is 5.89. The third-order valence-corrected chi connectivity index (χ3v) is 1.66. The molecular weight excluding hydrogens is 170 g/mol. The van der Waals surface area contributed by atoms with Gasteiger partial charge in [-0.25, -0.2) is 4.79 Å². The molecule has 0 atom stereocenters. The highest BCUT2D eigenvalue weighted by Gasteiger charge is 2.06. The molecule has 1 rings (SSSR count). The van der Waals surface area contributed by atoms with E-state index < -0.39 is 5.97 Å². The van der Waals surface area contributed by atoms with Gasteiger partial charge >= 0.3 is 5.97 Å². The smallest absolute Gasteiger partial charge is 0.335 e. The van der Waals surface area contributed by atoms with Crippen LogP contribution in [0.5, 0.6) is 5.75 Å². The van der Waals surface area contributed by atoms with E-state index in [9.17, 15) is 4.79 Å². The first-order valence-electron chi connectivity index (χ1n) is 3.53. The predicted octanol–water partition coefficient (Wildman–Crippen LogP) is 1.86. The Balaban J connectivity index is 0.00000144. The molecule has 0 aliphatic carbocycles. The van der Waals surface area contributed by atoms with Crippen LogP contribution in [-0.2, 0) is 0 Å². The van der Waals surface area contributed by atoms with Crippen LogP contribution in [0, 0.1) is 6.92 Å². The molecule has 0 spiro atoms. The Morgan fingerprint density at radius 1 is 1.46 bits per heavy atom. The molecule has 0 bridgehead atoms. The van der Waals surface area contributed by atoms with E-state index in [1.165, 1.54) is 6.07 Å². The maximum Gasteiger partial charge on any atom is 0.335 e. The summed E-state index contributed by atoms with van der Waals surface area (Å²) in [7, 11) is 1.55. The number of methoxy groups -OCH3 is 1. The number of aryl methyl sites for hydroxylation is 1. The maximum absolute atomic E-state index is 10.6. The molecule has 4 nitrogen and oxygen atoms in total. The van der Waals surface area contributed by atoms with E-state index in [0.717, 1.165) is 0 Å². The Labute approximate surface area is 76.7 Å². The van der Waals surface area contributed by atoms with E-state index in [1.807, 2.05) is 0 Å². The Morgan fingerprint density at radius 3 is 2.46 bits per heavy atom. The summed E-state index contributed by atoms with van der Waals surface area (Å²) >= 11 is 0. The number of rotatable bonds is 2. The number of hydrogen-bond donors (Lipinski definition) is 2. The van der Waals surface area contributed by atoms with Crippen molar-refractivity contribution in [2.24, 2.45) is 0 Å². The van der Waals surface area contributed by atoms with Crippen LogP contribution in [0.25, 0.3) is 0 Å². The molecule has 0 heterocycles. The number of carboxylic acids is 1. The molecule has 1 aromatic carbocycles. The average Bonchev–Trinajstić information content (AvgIpc) is 2.03. The number of ether oxygens (including phenoxy) is 1. The van der Waals surface area contributed by atoms with Gasteiger partial charge in [0.05, 0.1) is 12.7 Å². The lowest BCUT2D eigenvalue weighted by Crippen LogP contribution is -1.99. The van der Waals surface area contributed by atoms with Crippen LogP contribution in [0.2, 0.25) is 0 Å². The lowest BCUT2D eigenvalue weighted by atomic mass is 10.1. The summed E-state index contributed by atoms with van der Waals surface area (Å²) in [5, 5.41) is 8.69. The molecular formula is C9H13NO3. The summed E-state index contributed by atoms with van der Waals surface area (Å²) < 4.78 is 4.94. The zero-order valence-electron chi connectivity index (χ0n) is 7.70. The number of carboxylic acid groups (broad SMARTS) is 1. The first-order valence-corrected chi connectivity index (χ1v) is 3.53. The van der Waals surface area contributed by atoms with Crippen molar-refractivity contribution in [1.29, 1.82) is 0 Å². The van der Waals surface area contributed by atoms with E-state index in [-0.39, 0.29) is 6.15 Å². The second-order valence-electron chi connectivity index (χ2n) is 2.49. The summed E-state index contributed by atoms with van der Waals surface area (Å²) in [6.07, 6.45) is 0. The minimum Gasteiger partial charge on any atom is -0.497 e. The lowest BCUT2D eigenvalue weighted by molar-refractivity contribution is 0.0696. The molecule has 0 aromatic heterocycles. The molecule has 0 radical (unpaired) electrons. The second-order valence-corrected chi connectivity index (χ2v) is 2.49. The Kier molecular flexibility index (Phi) is 3.94. The van der Waals surface area contributed by atoms with Crippen LogP contribution in [0.4, 0.5) is 0 Å². The van der Waals surface area contributed by atoms with Crippen molar-refractivity contribution in [3.8, 4) is 5.75 Å². The highest BCUT2D eigenvalue weighted by Crippen LogP contribution is 2.16. The van der Waals surface area contributed by atoms with Crippen LogP contribution in [0.15, 0.2) is 18.2 Å². The van der Waals surface area contributed by atoms with Gasteiger partial charge in [0.25, 0.3) is 0 Å². The number of aromatic carboxylic acids is 1. The van der Waals surface area contributed by atoms with Crippen molar-refractivity contribution < 1.29 is 14.6 Å². The molecule has 0 saturated heterocycles. The van der Waals surface area contributed by atoms with Gasteiger partial charge < -0.3 is 16.0 Å². The molecule has 0 amide bonds. The first kappa shape index (κ1) is 11.4. The molecule has 0 aliphatic heterocycles. The number of carbonyl (C=O) groups is 1. The molecule has 72 valence electrons. The predicted molar refractivity (Wildman–Crippen MR) is 49.7 cm³/mol. The van der Waals surface area contributed by atoms with Crippen molar-refractivity contribution >= 4 is 5.97 Å². The van der Waals surface area contributed by atoms with Crippen LogP contribution < -0.4 is 10.9 Å². The molecule has 4 heteroatoms. The van der Waals surface area contributed by atoms with E-state index in [1.54, 1.807) is 26.2 Å². The van der Waals surface area contributed by atoms with Crippen LogP contribution in [-0.4, -0.2) is 18.2 Å². The fourth-order valence-electron chi connectivity index (χ4n) is 1.00. The molecule has 13 heavy (non-hydrogen) atoms. The average molecular weight is 183 g/mol. The topological polar surface area (TPSA) is 81.5 Å². The largest absolute Gasteiger partial charge is 0.497 e. The van der Waals surface area contributed by atoms with Crippen LogP contribution in [0.1, 0.15) is 15.9 Å². The highest BCUT2D eigenvalue weighted by atomic mass is 16.5. The molecule has 0 fully saturated rings. The van der Waals surface area contributed by atoms with Gasteiger partial charge in [-0.3, -0.25) is 0 Å². The van der Waals surface area contributed by atoms with Crippen molar-refractivity contribution in [3.63, 3.8) is 0 Å². The quantitative estimate of drug-likeness (QED) is 0.733. The monoisotopic (exact) mass is 183 g/mol. The van der Waals surface area contributed by atoms with Crippen LogP contribution in [0.3, 0.4) is 0 Å². The van der Waals surface area contributed by atoms with Gasteiger partial charge in [0, 0.05) is 0 Å². The van der Waals surface area contributed by atoms with Crippen molar-refractivity contribution in [2.75, 3.05) is 7.11 Å². The summed E-state index contributed by atoms with van der Waals surface area (Å²) in [4.78, 5) is 10.6. The normalized spacial score (nSPS) is 8.77. The van der Waals surface area contributed by atoms with Gasteiger partial charge in [-0.05, 0) is 30.7 Å². The molecule has 0 saturated carbocycles. The fourth-order valence-corrected chi connectivity index (χ4v) is 1.00. The minimum absolute atomic E-state index is 0. The molecule has 0 unspecified atom stereocenters. The van der Waals surface area contributed by atoms with Crippen molar-refractivity contribution in [1.82, 2.24) is 6.15 Å². The standard InChI is InChI=1S/C9H10O3.H3N/c1-6-5-7(12-2)3-4-8(6)9(10)11;/h3-5H,1-2H3,(H,10,11);1H3. The number of benzene rings is 1. The van der Waals surface area contributed by atoms with Gasteiger partial charge in [0.15, 0.2) is 0 Å². The minimum atomic E-state index is -0.907. The van der Waals surface area contributed by atoms with Gasteiger partial charge in [-0.1, -0.05) is 0 Å². The first-order chi connectivity index (χ1) is 5.65. The third-order valence-electron chi connectivity index (χ3n) is 1.66. The lowest BCUT2D eigenvalue weighted by Gasteiger charge is -2.03.